The molecule has 0 N–H and O–H groups in total. The van der Waals surface area contributed by atoms with Gasteiger partial charge in [0.2, 0.25) is 0 Å². The molecular weight excluding hydrogens is 280 g/mol. The molecule has 3 rings (SSSR count). The van der Waals surface area contributed by atoms with Crippen LogP contribution in [0.1, 0.15) is 31.4 Å². The summed E-state index contributed by atoms with van der Waals surface area (Å²) in [6, 6.07) is 7.99. The fourth-order valence-corrected chi connectivity index (χ4v) is 2.66. The van der Waals surface area contributed by atoms with Gasteiger partial charge in [0, 0.05) is 13.7 Å². The van der Waals surface area contributed by atoms with E-state index in [1.54, 1.807) is 15.9 Å². The van der Waals surface area contributed by atoms with Crippen molar-refractivity contribution in [1.29, 1.82) is 0 Å². The highest BCUT2D eigenvalue weighted by molar-refractivity contribution is 5.81. The summed E-state index contributed by atoms with van der Waals surface area (Å²) < 4.78 is 7.18. The molecule has 1 aromatic heterocycles. The normalized spacial score (nSPS) is 19.1. The molecule has 2 atom stereocenters. The summed E-state index contributed by atoms with van der Waals surface area (Å²) in [6.45, 7) is 2.71. The van der Waals surface area contributed by atoms with E-state index in [-0.39, 0.29) is 18.1 Å². The van der Waals surface area contributed by atoms with Gasteiger partial charge in [0.15, 0.2) is 0 Å². The lowest BCUT2D eigenvalue weighted by Crippen LogP contribution is -2.37. The molecule has 0 radical (unpaired) electrons. The molecule has 0 aliphatic carbocycles. The molecule has 22 heavy (non-hydrogen) atoms. The molecule has 6 nitrogen and oxygen atoms in total. The van der Waals surface area contributed by atoms with E-state index < -0.39 is 0 Å². The molecular formula is C16H20N4O2. The zero-order valence-corrected chi connectivity index (χ0v) is 12.8. The number of benzene rings is 1. The lowest BCUT2D eigenvalue weighted by Gasteiger charge is -2.27. The monoisotopic (exact) mass is 300 g/mol. The lowest BCUT2D eigenvalue weighted by molar-refractivity contribution is -0.141. The number of hydrogen-bond acceptors (Lipinski definition) is 4. The summed E-state index contributed by atoms with van der Waals surface area (Å²) in [5, 5.41) is 4.10. The molecule has 1 amide bonds. The van der Waals surface area contributed by atoms with Gasteiger partial charge in [0.05, 0.1) is 11.7 Å². The Balaban J connectivity index is 1.71. The van der Waals surface area contributed by atoms with E-state index in [1.165, 1.54) is 6.33 Å². The zero-order chi connectivity index (χ0) is 15.5. The van der Waals surface area contributed by atoms with Crippen molar-refractivity contribution in [2.24, 2.45) is 0 Å². The molecule has 6 heteroatoms. The highest BCUT2D eigenvalue weighted by Crippen LogP contribution is 2.23. The van der Waals surface area contributed by atoms with Crippen molar-refractivity contribution in [3.63, 3.8) is 0 Å². The molecule has 0 saturated carbocycles. The van der Waals surface area contributed by atoms with Crippen LogP contribution in [0.25, 0.3) is 5.69 Å². The second-order valence-electron chi connectivity index (χ2n) is 5.56. The van der Waals surface area contributed by atoms with Gasteiger partial charge in [-0.15, -0.1) is 0 Å². The average molecular weight is 300 g/mol. The minimum Gasteiger partial charge on any atom is -0.368 e. The van der Waals surface area contributed by atoms with Gasteiger partial charge in [-0.1, -0.05) is 12.1 Å². The number of likely N-dealkylation sites (N-methyl/N-ethyl adjacent to an activating group) is 1. The highest BCUT2D eigenvalue weighted by Gasteiger charge is 2.29. The van der Waals surface area contributed by atoms with E-state index in [2.05, 4.69) is 10.1 Å². The van der Waals surface area contributed by atoms with Crippen molar-refractivity contribution >= 4 is 5.91 Å². The first-order chi connectivity index (χ1) is 10.7. The van der Waals surface area contributed by atoms with Gasteiger partial charge in [-0.05, 0) is 37.5 Å². The van der Waals surface area contributed by atoms with Crippen LogP contribution in [-0.2, 0) is 9.53 Å². The lowest BCUT2D eigenvalue weighted by atomic mass is 10.1. The number of carbonyl (C=O) groups excluding carboxylic acids is 1. The predicted molar refractivity (Wildman–Crippen MR) is 81.5 cm³/mol. The van der Waals surface area contributed by atoms with Gasteiger partial charge >= 0.3 is 0 Å². The van der Waals surface area contributed by atoms with Crippen LogP contribution < -0.4 is 0 Å². The zero-order valence-electron chi connectivity index (χ0n) is 12.8. The second kappa shape index (κ2) is 6.27. The van der Waals surface area contributed by atoms with Crippen LogP contribution in [0.5, 0.6) is 0 Å². The molecule has 0 unspecified atom stereocenters. The number of hydrogen-bond donors (Lipinski definition) is 0. The standard InChI is InChI=1S/C16H20N4O2/c1-12(19(2)16(21)15-4-3-9-22-15)13-5-7-14(8-6-13)20-11-17-10-18-20/h5-8,10-12,15H,3-4,9H2,1-2H3/t12-,15-/m1/s1. The molecule has 1 saturated heterocycles. The molecule has 0 spiro atoms. The van der Waals surface area contributed by atoms with Crippen LogP contribution in [0.4, 0.5) is 0 Å². The third-order valence-electron chi connectivity index (χ3n) is 4.19. The van der Waals surface area contributed by atoms with Crippen molar-refractivity contribution in [2.75, 3.05) is 13.7 Å². The van der Waals surface area contributed by atoms with Crippen molar-refractivity contribution < 1.29 is 9.53 Å². The Morgan fingerprint density at radius 2 is 2.18 bits per heavy atom. The van der Waals surface area contributed by atoms with Gasteiger partial charge in [0.25, 0.3) is 5.91 Å². The van der Waals surface area contributed by atoms with Crippen LogP contribution in [-0.4, -0.2) is 45.3 Å². The van der Waals surface area contributed by atoms with Crippen molar-refractivity contribution in [3.05, 3.63) is 42.5 Å². The minimum absolute atomic E-state index is 0.00139. The molecule has 2 heterocycles. The van der Waals surface area contributed by atoms with Gasteiger partial charge in [-0.25, -0.2) is 9.67 Å². The predicted octanol–water partition coefficient (Wildman–Crippen LogP) is 1.97. The topological polar surface area (TPSA) is 60.2 Å². The molecule has 1 fully saturated rings. The van der Waals surface area contributed by atoms with Gasteiger partial charge in [-0.3, -0.25) is 4.79 Å². The summed E-state index contributed by atoms with van der Waals surface area (Å²) in [4.78, 5) is 18.1. The maximum atomic E-state index is 12.4. The second-order valence-corrected chi connectivity index (χ2v) is 5.56. The number of carbonyl (C=O) groups is 1. The average Bonchev–Trinajstić information content (AvgIpc) is 3.26. The fourth-order valence-electron chi connectivity index (χ4n) is 2.66. The fraction of sp³-hybridized carbons (Fsp3) is 0.438. The molecule has 1 aliphatic heterocycles. The number of ether oxygens (including phenoxy) is 1. The highest BCUT2D eigenvalue weighted by atomic mass is 16.5. The third-order valence-corrected chi connectivity index (χ3v) is 4.19. The number of aromatic nitrogens is 3. The molecule has 1 aromatic carbocycles. The van der Waals surface area contributed by atoms with Crippen LogP contribution in [0.15, 0.2) is 36.9 Å². The Labute approximate surface area is 129 Å². The van der Waals surface area contributed by atoms with Gasteiger partial charge < -0.3 is 9.64 Å². The first-order valence-corrected chi connectivity index (χ1v) is 7.50. The van der Waals surface area contributed by atoms with Gasteiger partial charge in [0.1, 0.15) is 18.8 Å². The van der Waals surface area contributed by atoms with E-state index in [4.69, 9.17) is 4.74 Å². The number of amides is 1. The van der Waals surface area contributed by atoms with Gasteiger partial charge in [-0.2, -0.15) is 5.10 Å². The van der Waals surface area contributed by atoms with E-state index >= 15 is 0 Å². The Bertz CT molecular complexity index is 618. The summed E-state index contributed by atoms with van der Waals surface area (Å²) in [5.41, 5.74) is 2.03. The summed E-state index contributed by atoms with van der Waals surface area (Å²) in [6.07, 6.45) is 4.67. The Hall–Kier alpha value is -2.21. The third kappa shape index (κ3) is 2.87. The summed E-state index contributed by atoms with van der Waals surface area (Å²) in [7, 11) is 1.83. The largest absolute Gasteiger partial charge is 0.368 e. The SMILES string of the molecule is C[C@H](c1ccc(-n2cncn2)cc1)N(C)C(=O)[C@H]1CCCO1. The minimum atomic E-state index is -0.276. The first-order valence-electron chi connectivity index (χ1n) is 7.50. The molecule has 116 valence electrons. The summed E-state index contributed by atoms with van der Waals surface area (Å²) >= 11 is 0. The Morgan fingerprint density at radius 1 is 1.41 bits per heavy atom. The van der Waals surface area contributed by atoms with E-state index in [0.717, 1.165) is 24.1 Å². The van der Waals surface area contributed by atoms with Crippen molar-refractivity contribution in [2.45, 2.75) is 31.9 Å². The van der Waals surface area contributed by atoms with Crippen LogP contribution in [0, 0.1) is 0 Å². The Morgan fingerprint density at radius 3 is 2.77 bits per heavy atom. The number of nitrogens with zero attached hydrogens (tertiary/aromatic N) is 4. The summed E-state index contributed by atoms with van der Waals surface area (Å²) in [5.74, 6) is 0.0605. The van der Waals surface area contributed by atoms with Crippen LogP contribution in [0.3, 0.4) is 0 Å². The van der Waals surface area contributed by atoms with Crippen molar-refractivity contribution in [1.82, 2.24) is 19.7 Å². The number of rotatable bonds is 4. The van der Waals surface area contributed by atoms with Crippen LogP contribution >= 0.6 is 0 Å². The molecule has 0 bridgehead atoms. The molecule has 2 aromatic rings. The van der Waals surface area contributed by atoms with E-state index in [0.29, 0.717) is 6.61 Å². The van der Waals surface area contributed by atoms with E-state index in [9.17, 15) is 4.79 Å². The smallest absolute Gasteiger partial charge is 0.251 e. The maximum absolute atomic E-state index is 12.4. The first kappa shape index (κ1) is 14.7. The molecule has 1 aliphatic rings. The maximum Gasteiger partial charge on any atom is 0.251 e. The van der Waals surface area contributed by atoms with E-state index in [1.807, 2.05) is 38.2 Å². The Kier molecular flexibility index (Phi) is 4.20. The van der Waals surface area contributed by atoms with Crippen molar-refractivity contribution in [3.8, 4) is 5.69 Å². The quantitative estimate of drug-likeness (QED) is 0.866. The van der Waals surface area contributed by atoms with Crippen LogP contribution in [0.2, 0.25) is 0 Å².